The lowest BCUT2D eigenvalue weighted by atomic mass is 9.78. The zero-order valence-corrected chi connectivity index (χ0v) is 25.4. The second-order valence-electron chi connectivity index (χ2n) is 12.5. The molecule has 4 aromatic heterocycles. The van der Waals surface area contributed by atoms with Gasteiger partial charge in [0.05, 0.1) is 12.2 Å². The number of hydrogen-bond donors (Lipinski definition) is 1. The summed E-state index contributed by atoms with van der Waals surface area (Å²) in [4.78, 5) is 38.6. The third kappa shape index (κ3) is 5.56. The number of nitrogens with one attached hydrogen (secondary N) is 1. The van der Waals surface area contributed by atoms with Crippen molar-refractivity contribution in [2.45, 2.75) is 82.2 Å². The second kappa shape index (κ2) is 11.5. The predicted octanol–water partition coefficient (Wildman–Crippen LogP) is 6.61. The summed E-state index contributed by atoms with van der Waals surface area (Å²) < 4.78 is 9.11. The lowest BCUT2D eigenvalue weighted by Crippen LogP contribution is -2.23. The largest absolute Gasteiger partial charge is 0.425 e. The number of rotatable bonds is 10. The molecule has 0 saturated heterocycles. The van der Waals surface area contributed by atoms with E-state index in [0.29, 0.717) is 46.2 Å². The van der Waals surface area contributed by atoms with E-state index in [2.05, 4.69) is 49.4 Å². The van der Waals surface area contributed by atoms with Gasteiger partial charge >= 0.3 is 0 Å². The molecule has 5 aromatic rings. The highest BCUT2D eigenvalue weighted by molar-refractivity contribution is 5.77. The monoisotopic (exact) mass is 605 g/mol. The van der Waals surface area contributed by atoms with Gasteiger partial charge in [0, 0.05) is 23.7 Å². The van der Waals surface area contributed by atoms with Crippen LogP contribution in [0.1, 0.15) is 93.2 Å². The molecule has 1 N–H and O–H groups in total. The van der Waals surface area contributed by atoms with Gasteiger partial charge in [-0.3, -0.25) is 4.79 Å². The molecule has 0 bridgehead atoms. The molecule has 2 aliphatic rings. The Morgan fingerprint density at radius 2 is 1.64 bits per heavy atom. The first-order valence-electron chi connectivity index (χ1n) is 15.5. The highest BCUT2D eigenvalue weighted by atomic mass is 16.4. The second-order valence-corrected chi connectivity index (χ2v) is 12.5. The van der Waals surface area contributed by atoms with Crippen molar-refractivity contribution in [3.8, 4) is 5.82 Å². The van der Waals surface area contributed by atoms with Crippen molar-refractivity contribution in [3.63, 3.8) is 0 Å². The molecule has 2 saturated carbocycles. The fourth-order valence-electron chi connectivity index (χ4n) is 6.09. The van der Waals surface area contributed by atoms with Crippen molar-refractivity contribution in [1.29, 1.82) is 0 Å². The molecular formula is C33H35N9O3. The summed E-state index contributed by atoms with van der Waals surface area (Å²) in [6.45, 7) is 7.42. The van der Waals surface area contributed by atoms with Crippen LogP contribution in [0.3, 0.4) is 0 Å². The molecule has 0 aliphatic heterocycles. The van der Waals surface area contributed by atoms with Gasteiger partial charge in [0.2, 0.25) is 17.7 Å². The average Bonchev–Trinajstić information content (AvgIpc) is 3.74. The molecule has 2 fully saturated rings. The summed E-state index contributed by atoms with van der Waals surface area (Å²) in [5, 5.41) is 15.5. The zero-order valence-electron chi connectivity index (χ0n) is 25.4. The average molecular weight is 606 g/mol. The first-order valence-corrected chi connectivity index (χ1v) is 15.5. The van der Waals surface area contributed by atoms with Crippen LogP contribution < -0.4 is 10.9 Å². The van der Waals surface area contributed by atoms with E-state index >= 15 is 0 Å². The number of benzene rings is 1. The van der Waals surface area contributed by atoms with Gasteiger partial charge < -0.3 is 9.73 Å². The smallest absolute Gasteiger partial charge is 0.278 e. The van der Waals surface area contributed by atoms with Gasteiger partial charge in [-0.25, -0.2) is 19.3 Å². The highest BCUT2D eigenvalue weighted by Crippen LogP contribution is 2.43. The third-order valence-electron chi connectivity index (χ3n) is 8.88. The quantitative estimate of drug-likeness (QED) is 0.137. The number of anilines is 2. The van der Waals surface area contributed by atoms with Crippen LogP contribution in [0.4, 0.5) is 11.6 Å². The Morgan fingerprint density at radius 1 is 0.978 bits per heavy atom. The fourth-order valence-corrected chi connectivity index (χ4v) is 6.09. The maximum Gasteiger partial charge on any atom is 0.278 e. The molecule has 1 aromatic carbocycles. The van der Waals surface area contributed by atoms with E-state index in [9.17, 15) is 9.70 Å². The third-order valence-corrected chi connectivity index (χ3v) is 8.88. The van der Waals surface area contributed by atoms with E-state index < -0.39 is 5.54 Å². The highest BCUT2D eigenvalue weighted by Gasteiger charge is 2.32. The first kappa shape index (κ1) is 28.8. The summed E-state index contributed by atoms with van der Waals surface area (Å²) in [6, 6.07) is 13.6. The van der Waals surface area contributed by atoms with Crippen LogP contribution in [0.5, 0.6) is 0 Å². The number of aromatic nitrogens is 7. The molecule has 0 radical (unpaired) electrons. The van der Waals surface area contributed by atoms with Gasteiger partial charge in [0.15, 0.2) is 11.5 Å². The molecule has 12 heteroatoms. The topological polar surface area (TPSA) is 146 Å². The van der Waals surface area contributed by atoms with E-state index in [1.54, 1.807) is 42.8 Å². The van der Waals surface area contributed by atoms with Crippen molar-refractivity contribution in [3.05, 3.63) is 99.6 Å². The van der Waals surface area contributed by atoms with Crippen LogP contribution >= 0.6 is 0 Å². The number of fused-ring (bicyclic) bond motifs is 1. The van der Waals surface area contributed by atoms with Crippen LogP contribution in [0.15, 0.2) is 75.7 Å². The summed E-state index contributed by atoms with van der Waals surface area (Å²) in [5.41, 5.74) is 1.70. The summed E-state index contributed by atoms with van der Waals surface area (Å²) in [7, 11) is 0. The molecule has 12 nitrogen and oxygen atoms in total. The maximum absolute atomic E-state index is 13.3. The minimum Gasteiger partial charge on any atom is -0.425 e. The fraction of sp³-hybridized carbons (Fsp3) is 0.394. The molecule has 0 spiro atoms. The van der Waals surface area contributed by atoms with Crippen LogP contribution in [-0.2, 0) is 12.1 Å². The number of nitroso groups, excluding NO2 is 1. The number of hydrogen-bond acceptors (Lipinski definition) is 10. The molecule has 45 heavy (non-hydrogen) atoms. The van der Waals surface area contributed by atoms with E-state index in [1.165, 1.54) is 16.4 Å². The van der Waals surface area contributed by atoms with Gasteiger partial charge in [0.25, 0.3) is 5.56 Å². The Hall–Kier alpha value is -5.00. The van der Waals surface area contributed by atoms with Crippen molar-refractivity contribution in [2.24, 2.45) is 5.18 Å². The standard InChI is InChI=1S/C33H35N9O3/c1-4-18-41-31(43)25-19-34-32(37-28(25)42(41)27-7-5-6-26(36-27)33(2,3)40-44)35-24-16-14-21(15-17-24)20-8-10-22(11-9-20)29-38-39-30(45-29)23-12-13-23/h4-7,14-17,19-20,22-23H,1,8-13,18H2,2-3H3,(H,34,35,37). The van der Waals surface area contributed by atoms with Crippen LogP contribution in [0, 0.1) is 4.91 Å². The lowest BCUT2D eigenvalue weighted by molar-refractivity contribution is 0.330. The first-order chi connectivity index (χ1) is 21.8. The lowest BCUT2D eigenvalue weighted by Gasteiger charge is -2.27. The van der Waals surface area contributed by atoms with Gasteiger partial charge in [-0.1, -0.05) is 29.5 Å². The Bertz CT molecular complexity index is 1930. The normalized spacial score (nSPS) is 18.6. The summed E-state index contributed by atoms with van der Waals surface area (Å²) >= 11 is 0. The summed E-state index contributed by atoms with van der Waals surface area (Å²) in [6.07, 6.45) is 9.71. The van der Waals surface area contributed by atoms with E-state index in [-0.39, 0.29) is 12.1 Å². The molecule has 0 atom stereocenters. The number of allylic oxidation sites excluding steroid dienone is 1. The van der Waals surface area contributed by atoms with Crippen LogP contribution in [-0.4, -0.2) is 34.5 Å². The minimum atomic E-state index is -1.04. The molecule has 230 valence electrons. The van der Waals surface area contributed by atoms with Gasteiger partial charge in [0.1, 0.15) is 10.9 Å². The Kier molecular flexibility index (Phi) is 7.34. The van der Waals surface area contributed by atoms with Gasteiger partial charge in [-0.05, 0) is 88.1 Å². The van der Waals surface area contributed by atoms with Crippen molar-refractivity contribution >= 4 is 22.7 Å². The molecule has 7 rings (SSSR count). The molecular weight excluding hydrogens is 570 g/mol. The molecule has 4 heterocycles. The number of pyridine rings is 1. The van der Waals surface area contributed by atoms with Crippen molar-refractivity contribution in [1.82, 2.24) is 34.5 Å². The van der Waals surface area contributed by atoms with Crippen molar-refractivity contribution < 1.29 is 4.42 Å². The molecule has 0 unspecified atom stereocenters. The van der Waals surface area contributed by atoms with E-state index in [0.717, 1.165) is 56.0 Å². The van der Waals surface area contributed by atoms with Crippen LogP contribution in [0.25, 0.3) is 16.9 Å². The van der Waals surface area contributed by atoms with Crippen molar-refractivity contribution in [2.75, 3.05) is 5.32 Å². The van der Waals surface area contributed by atoms with Crippen LogP contribution in [0.2, 0.25) is 0 Å². The Labute approximate surface area is 259 Å². The molecule has 2 aliphatic carbocycles. The number of nitrogens with zero attached hydrogens (tertiary/aromatic N) is 8. The Balaban J connectivity index is 1.10. The van der Waals surface area contributed by atoms with E-state index in [1.807, 2.05) is 12.1 Å². The molecule has 0 amide bonds. The summed E-state index contributed by atoms with van der Waals surface area (Å²) in [5.74, 6) is 3.72. The Morgan fingerprint density at radius 3 is 2.29 bits per heavy atom. The zero-order chi connectivity index (χ0) is 31.1. The van der Waals surface area contributed by atoms with E-state index in [4.69, 9.17) is 9.40 Å². The SMILES string of the molecule is C=CCn1c(=O)c2cnc(Nc3ccc(C4CCC(c5nnc(C6CC6)o5)CC4)cc3)nc2n1-c1cccc(C(C)(C)N=O)n1. The maximum atomic E-state index is 13.3. The minimum absolute atomic E-state index is 0.235. The predicted molar refractivity (Wildman–Crippen MR) is 170 cm³/mol. The van der Waals surface area contributed by atoms with Gasteiger partial charge in [-0.15, -0.1) is 21.7 Å². The van der Waals surface area contributed by atoms with Gasteiger partial charge in [-0.2, -0.15) is 4.98 Å².